The first-order chi connectivity index (χ1) is 8.88. The minimum absolute atomic E-state index is 0.112. The van der Waals surface area contributed by atoms with Gasteiger partial charge in [0.1, 0.15) is 0 Å². The summed E-state index contributed by atoms with van der Waals surface area (Å²) >= 11 is 5.88. The van der Waals surface area contributed by atoms with Gasteiger partial charge in [0, 0.05) is 20.6 Å². The van der Waals surface area contributed by atoms with Crippen LogP contribution in [0.3, 0.4) is 0 Å². The molecule has 0 aliphatic rings. The van der Waals surface area contributed by atoms with Crippen molar-refractivity contribution in [3.8, 4) is 0 Å². The fourth-order valence-electron chi connectivity index (χ4n) is 1.75. The van der Waals surface area contributed by atoms with Gasteiger partial charge in [-0.3, -0.25) is 9.59 Å². The SMILES string of the molecule is CNC(=O)C(C)CN(C)C(=O)c1cccc(Cl)c1N. The van der Waals surface area contributed by atoms with E-state index in [-0.39, 0.29) is 23.4 Å². The minimum Gasteiger partial charge on any atom is -0.397 e. The Balaban J connectivity index is 2.83. The lowest BCUT2D eigenvalue weighted by Gasteiger charge is -2.21. The second-order valence-electron chi connectivity index (χ2n) is 4.40. The summed E-state index contributed by atoms with van der Waals surface area (Å²) in [6.45, 7) is 2.06. The Hall–Kier alpha value is -1.75. The average Bonchev–Trinajstić information content (AvgIpc) is 2.39. The van der Waals surface area contributed by atoms with Crippen LogP contribution in [0.2, 0.25) is 5.02 Å². The number of nitrogens with zero attached hydrogens (tertiary/aromatic N) is 1. The van der Waals surface area contributed by atoms with E-state index in [0.717, 1.165) is 0 Å². The zero-order chi connectivity index (χ0) is 14.6. The van der Waals surface area contributed by atoms with Gasteiger partial charge in [-0.1, -0.05) is 24.6 Å². The maximum absolute atomic E-state index is 12.2. The Morgan fingerprint density at radius 1 is 1.47 bits per heavy atom. The molecule has 1 rings (SSSR count). The Bertz CT molecular complexity index is 491. The summed E-state index contributed by atoms with van der Waals surface area (Å²) in [5.74, 6) is -0.658. The van der Waals surface area contributed by atoms with Crippen molar-refractivity contribution in [2.24, 2.45) is 5.92 Å². The number of hydrogen-bond donors (Lipinski definition) is 2. The number of para-hydroxylation sites is 1. The first-order valence-corrected chi connectivity index (χ1v) is 6.27. The number of hydrogen-bond acceptors (Lipinski definition) is 3. The number of nitrogens with one attached hydrogen (secondary N) is 1. The smallest absolute Gasteiger partial charge is 0.255 e. The molecule has 19 heavy (non-hydrogen) atoms. The van der Waals surface area contributed by atoms with Crippen molar-refractivity contribution in [2.45, 2.75) is 6.92 Å². The molecule has 0 aliphatic carbocycles. The van der Waals surface area contributed by atoms with Crippen molar-refractivity contribution < 1.29 is 9.59 Å². The maximum atomic E-state index is 12.2. The monoisotopic (exact) mass is 283 g/mol. The lowest BCUT2D eigenvalue weighted by atomic mass is 10.1. The Labute approximate surface area is 117 Å². The van der Waals surface area contributed by atoms with Crippen molar-refractivity contribution in [3.05, 3.63) is 28.8 Å². The molecule has 0 saturated heterocycles. The molecule has 6 heteroatoms. The van der Waals surface area contributed by atoms with E-state index in [1.54, 1.807) is 39.2 Å². The third-order valence-electron chi connectivity index (χ3n) is 2.87. The third kappa shape index (κ3) is 3.61. The first-order valence-electron chi connectivity index (χ1n) is 5.89. The fraction of sp³-hybridized carbons (Fsp3) is 0.385. The molecule has 1 aromatic carbocycles. The van der Waals surface area contributed by atoms with Gasteiger partial charge in [0.15, 0.2) is 0 Å². The van der Waals surface area contributed by atoms with Crippen molar-refractivity contribution >= 4 is 29.1 Å². The topological polar surface area (TPSA) is 75.4 Å². The molecule has 0 spiro atoms. The third-order valence-corrected chi connectivity index (χ3v) is 3.20. The molecule has 2 amide bonds. The second kappa shape index (κ2) is 6.43. The van der Waals surface area contributed by atoms with E-state index in [1.807, 2.05) is 0 Å². The van der Waals surface area contributed by atoms with Gasteiger partial charge in [-0.25, -0.2) is 0 Å². The first kappa shape index (κ1) is 15.3. The van der Waals surface area contributed by atoms with E-state index in [4.69, 9.17) is 17.3 Å². The van der Waals surface area contributed by atoms with E-state index in [1.165, 1.54) is 4.90 Å². The summed E-state index contributed by atoms with van der Waals surface area (Å²) in [5, 5.41) is 2.89. The molecule has 5 nitrogen and oxygen atoms in total. The highest BCUT2D eigenvalue weighted by Gasteiger charge is 2.20. The fourth-order valence-corrected chi connectivity index (χ4v) is 1.93. The number of carbonyl (C=O) groups is 2. The van der Waals surface area contributed by atoms with Crippen LogP contribution < -0.4 is 11.1 Å². The molecular weight excluding hydrogens is 266 g/mol. The van der Waals surface area contributed by atoms with Crippen LogP contribution in [0.4, 0.5) is 5.69 Å². The number of amides is 2. The van der Waals surface area contributed by atoms with Crippen LogP contribution in [-0.2, 0) is 4.79 Å². The van der Waals surface area contributed by atoms with Gasteiger partial charge in [-0.15, -0.1) is 0 Å². The van der Waals surface area contributed by atoms with Crippen LogP contribution >= 0.6 is 11.6 Å². The number of anilines is 1. The molecule has 104 valence electrons. The van der Waals surface area contributed by atoms with Crippen LogP contribution in [0.25, 0.3) is 0 Å². The molecule has 0 fully saturated rings. The van der Waals surface area contributed by atoms with Crippen molar-refractivity contribution in [1.29, 1.82) is 0 Å². The summed E-state index contributed by atoms with van der Waals surface area (Å²) in [5.41, 5.74) is 6.38. The normalized spacial score (nSPS) is 11.8. The maximum Gasteiger partial charge on any atom is 0.255 e. The molecule has 0 aromatic heterocycles. The summed E-state index contributed by atoms with van der Waals surface area (Å²) in [6.07, 6.45) is 0. The molecule has 0 heterocycles. The van der Waals surface area contributed by atoms with Gasteiger partial charge < -0.3 is 16.0 Å². The Morgan fingerprint density at radius 2 is 2.11 bits per heavy atom. The Morgan fingerprint density at radius 3 is 2.68 bits per heavy atom. The minimum atomic E-state index is -0.292. The highest BCUT2D eigenvalue weighted by atomic mass is 35.5. The molecule has 1 atom stereocenters. The zero-order valence-corrected chi connectivity index (χ0v) is 12.0. The van der Waals surface area contributed by atoms with Gasteiger partial charge in [-0.05, 0) is 12.1 Å². The predicted octanol–water partition coefficient (Wildman–Crippen LogP) is 1.38. The molecular formula is C13H18ClN3O2. The van der Waals surface area contributed by atoms with Crippen molar-refractivity contribution in [3.63, 3.8) is 0 Å². The zero-order valence-electron chi connectivity index (χ0n) is 11.2. The van der Waals surface area contributed by atoms with Crippen LogP contribution in [0, 0.1) is 5.92 Å². The van der Waals surface area contributed by atoms with Crippen LogP contribution in [0.15, 0.2) is 18.2 Å². The van der Waals surface area contributed by atoms with Gasteiger partial charge in [0.05, 0.1) is 22.2 Å². The number of carbonyl (C=O) groups excluding carboxylic acids is 2. The van der Waals surface area contributed by atoms with Crippen LogP contribution in [-0.4, -0.2) is 37.4 Å². The summed E-state index contributed by atoms with van der Waals surface area (Å²) < 4.78 is 0. The molecule has 3 N–H and O–H groups in total. The van der Waals surface area contributed by atoms with Gasteiger partial charge in [0.2, 0.25) is 5.91 Å². The molecule has 1 aromatic rings. The highest BCUT2D eigenvalue weighted by molar-refractivity contribution is 6.33. The van der Waals surface area contributed by atoms with Crippen LogP contribution in [0.5, 0.6) is 0 Å². The number of nitrogen functional groups attached to an aromatic ring is 1. The molecule has 0 bridgehead atoms. The predicted molar refractivity (Wildman–Crippen MR) is 76.1 cm³/mol. The number of halogens is 1. The highest BCUT2D eigenvalue weighted by Crippen LogP contribution is 2.23. The van der Waals surface area contributed by atoms with Crippen molar-refractivity contribution in [2.75, 3.05) is 26.4 Å². The standard InChI is InChI=1S/C13H18ClN3O2/c1-8(12(18)16-2)7-17(3)13(19)9-5-4-6-10(14)11(9)15/h4-6,8H,7,15H2,1-3H3,(H,16,18). The van der Waals surface area contributed by atoms with Crippen molar-refractivity contribution in [1.82, 2.24) is 10.2 Å². The quantitative estimate of drug-likeness (QED) is 0.820. The van der Waals surface area contributed by atoms with E-state index in [9.17, 15) is 9.59 Å². The second-order valence-corrected chi connectivity index (χ2v) is 4.81. The largest absolute Gasteiger partial charge is 0.397 e. The van der Waals surface area contributed by atoms with E-state index in [0.29, 0.717) is 17.1 Å². The van der Waals surface area contributed by atoms with Gasteiger partial charge >= 0.3 is 0 Å². The lowest BCUT2D eigenvalue weighted by molar-refractivity contribution is -0.124. The van der Waals surface area contributed by atoms with E-state index >= 15 is 0 Å². The van der Waals surface area contributed by atoms with E-state index < -0.39 is 0 Å². The number of benzene rings is 1. The Kier molecular flexibility index (Phi) is 5.18. The van der Waals surface area contributed by atoms with Gasteiger partial charge in [0.25, 0.3) is 5.91 Å². The number of nitrogens with two attached hydrogens (primary N) is 1. The summed E-state index contributed by atoms with van der Waals surface area (Å²) in [4.78, 5) is 25.1. The van der Waals surface area contributed by atoms with Gasteiger partial charge in [-0.2, -0.15) is 0 Å². The lowest BCUT2D eigenvalue weighted by Crippen LogP contribution is -2.37. The molecule has 0 radical (unpaired) electrons. The number of rotatable bonds is 4. The molecule has 0 aliphatic heterocycles. The van der Waals surface area contributed by atoms with Crippen LogP contribution in [0.1, 0.15) is 17.3 Å². The summed E-state index contributed by atoms with van der Waals surface area (Å²) in [7, 11) is 3.19. The average molecular weight is 284 g/mol. The summed E-state index contributed by atoms with van der Waals surface area (Å²) in [6, 6.07) is 4.91. The molecule has 0 saturated carbocycles. The van der Waals surface area contributed by atoms with E-state index in [2.05, 4.69) is 5.32 Å². The molecule has 1 unspecified atom stereocenters.